The van der Waals surface area contributed by atoms with E-state index in [0.717, 1.165) is 49.7 Å². The third-order valence-corrected chi connectivity index (χ3v) is 4.40. The summed E-state index contributed by atoms with van der Waals surface area (Å²) in [7, 11) is 1.81. The minimum Gasteiger partial charge on any atom is -0.356 e. The lowest BCUT2D eigenvalue weighted by molar-refractivity contribution is 0.737. The second-order valence-electron chi connectivity index (χ2n) is 6.42. The summed E-state index contributed by atoms with van der Waals surface area (Å²) < 4.78 is 2.08. The van der Waals surface area contributed by atoms with E-state index in [1.165, 1.54) is 11.1 Å². The van der Waals surface area contributed by atoms with Crippen LogP contribution in [0.2, 0.25) is 0 Å². The molecule has 26 heavy (non-hydrogen) atoms. The monoisotopic (exact) mass is 349 g/mol. The highest BCUT2D eigenvalue weighted by atomic mass is 15.2. The van der Waals surface area contributed by atoms with Gasteiger partial charge in [-0.25, -0.2) is 4.98 Å². The second kappa shape index (κ2) is 9.04. The van der Waals surface area contributed by atoms with Crippen LogP contribution in [0, 0.1) is 6.92 Å². The van der Waals surface area contributed by atoms with Gasteiger partial charge in [0, 0.05) is 39.0 Å². The van der Waals surface area contributed by atoms with Crippen LogP contribution in [0.25, 0.3) is 5.65 Å². The van der Waals surface area contributed by atoms with Crippen molar-refractivity contribution in [3.8, 4) is 0 Å². The van der Waals surface area contributed by atoms with Crippen molar-refractivity contribution in [3.05, 3.63) is 71.7 Å². The maximum absolute atomic E-state index is 4.71. The normalized spacial score (nSPS) is 11.7. The van der Waals surface area contributed by atoms with Gasteiger partial charge in [-0.05, 0) is 37.0 Å². The SMILES string of the molecule is CN=C(NCCCc1ccccc1)NCCc1cn2cccc(C)c2n1. The van der Waals surface area contributed by atoms with Crippen LogP contribution >= 0.6 is 0 Å². The van der Waals surface area contributed by atoms with Crippen molar-refractivity contribution >= 4 is 11.6 Å². The summed E-state index contributed by atoms with van der Waals surface area (Å²) in [5.41, 5.74) is 4.69. The molecule has 2 heterocycles. The molecule has 5 nitrogen and oxygen atoms in total. The fourth-order valence-electron chi connectivity index (χ4n) is 3.00. The van der Waals surface area contributed by atoms with Crippen molar-refractivity contribution in [1.82, 2.24) is 20.0 Å². The first-order chi connectivity index (χ1) is 12.8. The van der Waals surface area contributed by atoms with E-state index >= 15 is 0 Å². The number of aromatic nitrogens is 2. The number of hydrogen-bond acceptors (Lipinski definition) is 2. The van der Waals surface area contributed by atoms with E-state index in [-0.39, 0.29) is 0 Å². The molecule has 0 atom stereocenters. The number of rotatable bonds is 7. The smallest absolute Gasteiger partial charge is 0.190 e. The van der Waals surface area contributed by atoms with Crippen LogP contribution in [0.15, 0.2) is 59.9 Å². The fourth-order valence-corrected chi connectivity index (χ4v) is 3.00. The molecule has 2 N–H and O–H groups in total. The molecule has 0 fully saturated rings. The number of nitrogens with zero attached hydrogens (tertiary/aromatic N) is 3. The summed E-state index contributed by atoms with van der Waals surface area (Å²) in [4.78, 5) is 9.00. The Morgan fingerprint density at radius 3 is 2.62 bits per heavy atom. The first-order valence-electron chi connectivity index (χ1n) is 9.18. The minimum absolute atomic E-state index is 0.807. The Morgan fingerprint density at radius 1 is 1.04 bits per heavy atom. The Balaban J connectivity index is 1.40. The van der Waals surface area contributed by atoms with Gasteiger partial charge in [0.15, 0.2) is 5.96 Å². The third-order valence-electron chi connectivity index (χ3n) is 4.40. The van der Waals surface area contributed by atoms with E-state index in [0.29, 0.717) is 0 Å². The van der Waals surface area contributed by atoms with Crippen LogP contribution < -0.4 is 10.6 Å². The predicted molar refractivity (Wildman–Crippen MR) is 108 cm³/mol. The van der Waals surface area contributed by atoms with Gasteiger partial charge in [-0.1, -0.05) is 36.4 Å². The van der Waals surface area contributed by atoms with E-state index in [1.807, 2.05) is 12.3 Å². The summed E-state index contributed by atoms with van der Waals surface area (Å²) in [6.45, 7) is 3.80. The molecule has 3 rings (SSSR count). The Labute approximate surface area is 155 Å². The molecule has 136 valence electrons. The maximum atomic E-state index is 4.71. The van der Waals surface area contributed by atoms with Crippen LogP contribution in [-0.2, 0) is 12.8 Å². The number of imidazole rings is 1. The number of fused-ring (bicyclic) bond motifs is 1. The summed E-state index contributed by atoms with van der Waals surface area (Å²) in [6.07, 6.45) is 7.16. The molecular formula is C21H27N5. The summed E-state index contributed by atoms with van der Waals surface area (Å²) in [5.74, 6) is 0.845. The Hall–Kier alpha value is -2.82. The average Bonchev–Trinajstić information content (AvgIpc) is 3.09. The topological polar surface area (TPSA) is 53.7 Å². The molecule has 0 radical (unpaired) electrons. The van der Waals surface area contributed by atoms with Crippen molar-refractivity contribution in [3.63, 3.8) is 0 Å². The van der Waals surface area contributed by atoms with Gasteiger partial charge in [-0.3, -0.25) is 4.99 Å². The van der Waals surface area contributed by atoms with Crippen molar-refractivity contribution in [2.45, 2.75) is 26.2 Å². The molecule has 0 amide bonds. The van der Waals surface area contributed by atoms with Crippen LogP contribution in [0.3, 0.4) is 0 Å². The third kappa shape index (κ3) is 4.85. The number of pyridine rings is 1. The quantitative estimate of drug-likeness (QED) is 0.392. The highest BCUT2D eigenvalue weighted by Gasteiger charge is 2.04. The molecule has 3 aromatic rings. The van der Waals surface area contributed by atoms with Crippen molar-refractivity contribution in [2.24, 2.45) is 4.99 Å². The van der Waals surface area contributed by atoms with Crippen LogP contribution in [-0.4, -0.2) is 35.5 Å². The predicted octanol–water partition coefficient (Wildman–Crippen LogP) is 2.98. The molecule has 0 aliphatic rings. The van der Waals surface area contributed by atoms with Crippen LogP contribution in [0.4, 0.5) is 0 Å². The first-order valence-corrected chi connectivity index (χ1v) is 9.18. The van der Waals surface area contributed by atoms with Crippen molar-refractivity contribution in [1.29, 1.82) is 0 Å². The van der Waals surface area contributed by atoms with Gasteiger partial charge in [0.2, 0.25) is 0 Å². The average molecular weight is 349 g/mol. The molecule has 0 spiro atoms. The molecule has 0 unspecified atom stereocenters. The van der Waals surface area contributed by atoms with Gasteiger partial charge in [-0.2, -0.15) is 0 Å². The van der Waals surface area contributed by atoms with Gasteiger partial charge in [0.05, 0.1) is 5.69 Å². The second-order valence-corrected chi connectivity index (χ2v) is 6.42. The zero-order chi connectivity index (χ0) is 18.2. The number of nitrogens with one attached hydrogen (secondary N) is 2. The number of hydrogen-bond donors (Lipinski definition) is 2. The summed E-state index contributed by atoms with van der Waals surface area (Å²) in [6, 6.07) is 14.7. The zero-order valence-electron chi connectivity index (χ0n) is 15.6. The van der Waals surface area contributed by atoms with E-state index in [2.05, 4.69) is 69.5 Å². The Bertz CT molecular complexity index is 851. The van der Waals surface area contributed by atoms with Crippen molar-refractivity contribution in [2.75, 3.05) is 20.1 Å². The molecule has 0 bridgehead atoms. The molecule has 5 heteroatoms. The Kier molecular flexibility index (Phi) is 6.25. The fraction of sp³-hybridized carbons (Fsp3) is 0.333. The Morgan fingerprint density at radius 2 is 1.85 bits per heavy atom. The highest BCUT2D eigenvalue weighted by molar-refractivity contribution is 5.79. The molecule has 1 aromatic carbocycles. The number of aryl methyl sites for hydroxylation is 2. The first kappa shape index (κ1) is 18.0. The van der Waals surface area contributed by atoms with Crippen LogP contribution in [0.5, 0.6) is 0 Å². The number of aliphatic imine (C=N–C) groups is 1. The lowest BCUT2D eigenvalue weighted by Crippen LogP contribution is -2.38. The zero-order valence-corrected chi connectivity index (χ0v) is 15.6. The largest absolute Gasteiger partial charge is 0.356 e. The van der Waals surface area contributed by atoms with Gasteiger partial charge in [-0.15, -0.1) is 0 Å². The van der Waals surface area contributed by atoms with Crippen LogP contribution in [0.1, 0.15) is 23.2 Å². The molecule has 0 saturated heterocycles. The van der Waals surface area contributed by atoms with Gasteiger partial charge < -0.3 is 15.0 Å². The maximum Gasteiger partial charge on any atom is 0.190 e. The summed E-state index contributed by atoms with van der Waals surface area (Å²) in [5, 5.41) is 6.74. The number of guanidine groups is 1. The molecule has 2 aromatic heterocycles. The lowest BCUT2D eigenvalue weighted by atomic mass is 10.1. The van der Waals surface area contributed by atoms with Gasteiger partial charge in [0.25, 0.3) is 0 Å². The lowest BCUT2D eigenvalue weighted by Gasteiger charge is -2.11. The molecule has 0 saturated carbocycles. The van der Waals surface area contributed by atoms with E-state index in [4.69, 9.17) is 4.98 Å². The molecule has 0 aliphatic heterocycles. The van der Waals surface area contributed by atoms with Crippen molar-refractivity contribution < 1.29 is 0 Å². The minimum atomic E-state index is 0.807. The molecular weight excluding hydrogens is 322 g/mol. The van der Waals surface area contributed by atoms with E-state index in [9.17, 15) is 0 Å². The van der Waals surface area contributed by atoms with Gasteiger partial charge >= 0.3 is 0 Å². The van der Waals surface area contributed by atoms with E-state index in [1.54, 1.807) is 7.05 Å². The summed E-state index contributed by atoms with van der Waals surface area (Å²) >= 11 is 0. The van der Waals surface area contributed by atoms with Gasteiger partial charge in [0.1, 0.15) is 5.65 Å². The highest BCUT2D eigenvalue weighted by Crippen LogP contribution is 2.10. The standard InChI is InChI=1S/C21H27N5/c1-17-8-7-15-26-16-19(25-20(17)26)12-14-24-21(22-2)23-13-6-11-18-9-4-3-5-10-18/h3-5,7-10,15-16H,6,11-14H2,1-2H3,(H2,22,23,24). The van der Waals surface area contributed by atoms with E-state index < -0.39 is 0 Å². The number of benzene rings is 1. The molecule has 0 aliphatic carbocycles.